The van der Waals surface area contributed by atoms with E-state index in [1.807, 2.05) is 12.1 Å². The molecule has 6 nitrogen and oxygen atoms in total. The third kappa shape index (κ3) is 4.79. The van der Waals surface area contributed by atoms with Crippen LogP contribution in [0.2, 0.25) is 0 Å². The molecule has 0 fully saturated rings. The average Bonchev–Trinajstić information content (AvgIpc) is 2.57. The number of hydrogen-bond donors (Lipinski definition) is 0. The van der Waals surface area contributed by atoms with Crippen LogP contribution < -0.4 is 4.74 Å². The van der Waals surface area contributed by atoms with Crippen molar-refractivity contribution in [3.8, 4) is 17.9 Å². The van der Waals surface area contributed by atoms with Crippen LogP contribution in [0, 0.1) is 33.9 Å². The van der Waals surface area contributed by atoms with E-state index in [0.29, 0.717) is 0 Å². The molecule has 0 saturated carbocycles. The molecule has 0 amide bonds. The van der Waals surface area contributed by atoms with E-state index in [-0.39, 0.29) is 38.0 Å². The summed E-state index contributed by atoms with van der Waals surface area (Å²) in [6.45, 7) is 1.63. The van der Waals surface area contributed by atoms with Crippen LogP contribution in [0.25, 0.3) is 0 Å². The van der Waals surface area contributed by atoms with Gasteiger partial charge in [0.1, 0.15) is 11.6 Å². The molecule has 0 aliphatic carbocycles. The molecular weight excluding hydrogens is 315 g/mol. The molecular formula is C17H17FN2O4. The van der Waals surface area contributed by atoms with Gasteiger partial charge in [-0.3, -0.25) is 9.59 Å². The molecule has 1 aromatic rings. The third-order valence-electron chi connectivity index (χ3n) is 3.41. The molecule has 0 saturated heterocycles. The Balaban J connectivity index is 3.13. The molecule has 0 unspecified atom stereocenters. The highest BCUT2D eigenvalue weighted by Gasteiger charge is 2.48. The van der Waals surface area contributed by atoms with Crippen LogP contribution >= 0.6 is 0 Å². The van der Waals surface area contributed by atoms with Gasteiger partial charge in [0, 0.05) is 12.8 Å². The van der Waals surface area contributed by atoms with Crippen molar-refractivity contribution in [2.75, 3.05) is 6.61 Å². The molecule has 0 N–H and O–H groups in total. The molecule has 1 aromatic carbocycles. The molecule has 1 rings (SSSR count). The summed E-state index contributed by atoms with van der Waals surface area (Å²) in [7, 11) is 0. The SMILES string of the molecule is CCOC(=O)C(CCC#N)(CCC#N)C(=O)Oc1ccc(F)cc1. The lowest BCUT2D eigenvalue weighted by Crippen LogP contribution is -2.43. The van der Waals surface area contributed by atoms with Gasteiger partial charge in [0.05, 0.1) is 18.7 Å². The van der Waals surface area contributed by atoms with E-state index in [1.54, 1.807) is 6.92 Å². The minimum atomic E-state index is -1.74. The lowest BCUT2D eigenvalue weighted by molar-refractivity contribution is -0.168. The highest BCUT2D eigenvalue weighted by atomic mass is 19.1. The highest BCUT2D eigenvalue weighted by Crippen LogP contribution is 2.34. The Kier molecular flexibility index (Phi) is 7.38. The van der Waals surface area contributed by atoms with E-state index in [4.69, 9.17) is 20.0 Å². The van der Waals surface area contributed by atoms with E-state index in [9.17, 15) is 14.0 Å². The van der Waals surface area contributed by atoms with Crippen molar-refractivity contribution >= 4 is 11.9 Å². The van der Waals surface area contributed by atoms with Crippen molar-refractivity contribution in [2.45, 2.75) is 32.6 Å². The standard InChI is InChI=1S/C17H17FN2O4/c1-2-23-15(21)17(9-3-11-19,10-4-12-20)16(22)24-14-7-5-13(18)6-8-14/h5-8H,2-4,9-10H2,1H3. The van der Waals surface area contributed by atoms with Crippen LogP contribution in [0.4, 0.5) is 4.39 Å². The second-order valence-corrected chi connectivity index (χ2v) is 4.96. The fraction of sp³-hybridized carbons (Fsp3) is 0.412. The number of carbonyl (C=O) groups is 2. The lowest BCUT2D eigenvalue weighted by atomic mass is 9.79. The monoisotopic (exact) mass is 332 g/mol. The second kappa shape index (κ2) is 9.26. The summed E-state index contributed by atoms with van der Waals surface area (Å²) in [5, 5.41) is 17.6. The lowest BCUT2D eigenvalue weighted by Gasteiger charge is -2.27. The molecule has 24 heavy (non-hydrogen) atoms. The van der Waals surface area contributed by atoms with E-state index in [1.165, 1.54) is 12.1 Å². The van der Waals surface area contributed by atoms with E-state index in [0.717, 1.165) is 12.1 Å². The normalized spacial score (nSPS) is 10.3. The van der Waals surface area contributed by atoms with Crippen LogP contribution in [0.3, 0.4) is 0 Å². The number of rotatable bonds is 8. The summed E-state index contributed by atoms with van der Waals surface area (Å²) < 4.78 is 23.1. The van der Waals surface area contributed by atoms with Gasteiger partial charge in [-0.05, 0) is 44.0 Å². The van der Waals surface area contributed by atoms with Gasteiger partial charge in [0.2, 0.25) is 0 Å². The molecule has 0 aliphatic heterocycles. The molecule has 0 aliphatic rings. The molecule has 0 heterocycles. The first-order valence-electron chi connectivity index (χ1n) is 7.39. The molecule has 0 atom stereocenters. The van der Waals surface area contributed by atoms with Gasteiger partial charge in [-0.2, -0.15) is 10.5 Å². The smallest absolute Gasteiger partial charge is 0.328 e. The van der Waals surface area contributed by atoms with E-state index < -0.39 is 23.2 Å². The average molecular weight is 332 g/mol. The Morgan fingerprint density at radius 1 is 1.08 bits per heavy atom. The summed E-state index contributed by atoms with van der Waals surface area (Å²) in [6, 6.07) is 8.47. The van der Waals surface area contributed by atoms with Crippen molar-refractivity contribution in [1.29, 1.82) is 10.5 Å². The van der Waals surface area contributed by atoms with Crippen LogP contribution in [0.5, 0.6) is 5.75 Å². The third-order valence-corrected chi connectivity index (χ3v) is 3.41. The van der Waals surface area contributed by atoms with Crippen molar-refractivity contribution in [3.05, 3.63) is 30.1 Å². The minimum absolute atomic E-state index is 0.0452. The zero-order valence-corrected chi connectivity index (χ0v) is 13.3. The first-order chi connectivity index (χ1) is 11.5. The quantitative estimate of drug-likeness (QED) is 0.412. The van der Waals surface area contributed by atoms with Gasteiger partial charge >= 0.3 is 11.9 Å². The maximum absolute atomic E-state index is 12.9. The van der Waals surface area contributed by atoms with Crippen LogP contribution in [0.1, 0.15) is 32.6 Å². The largest absolute Gasteiger partial charge is 0.465 e. The number of hydrogen-bond acceptors (Lipinski definition) is 6. The molecule has 0 bridgehead atoms. The van der Waals surface area contributed by atoms with E-state index in [2.05, 4.69) is 0 Å². The van der Waals surface area contributed by atoms with E-state index >= 15 is 0 Å². The van der Waals surface area contributed by atoms with Gasteiger partial charge < -0.3 is 9.47 Å². The number of nitriles is 2. The fourth-order valence-corrected chi connectivity index (χ4v) is 2.13. The Labute approximate surface area is 139 Å². The highest BCUT2D eigenvalue weighted by molar-refractivity contribution is 6.00. The second-order valence-electron chi connectivity index (χ2n) is 4.96. The van der Waals surface area contributed by atoms with Crippen molar-refractivity contribution in [1.82, 2.24) is 0 Å². The fourth-order valence-electron chi connectivity index (χ4n) is 2.13. The predicted octanol–water partition coefficient (Wildman–Crippen LogP) is 2.89. The number of carbonyl (C=O) groups excluding carboxylic acids is 2. The maximum atomic E-state index is 12.9. The van der Waals surface area contributed by atoms with Gasteiger partial charge in [0.25, 0.3) is 0 Å². The minimum Gasteiger partial charge on any atom is -0.465 e. The maximum Gasteiger partial charge on any atom is 0.328 e. The van der Waals surface area contributed by atoms with Crippen LogP contribution in [0.15, 0.2) is 24.3 Å². The number of esters is 2. The molecule has 0 radical (unpaired) electrons. The summed E-state index contributed by atoms with van der Waals surface area (Å²) in [5.74, 6) is -2.19. The first-order valence-corrected chi connectivity index (χ1v) is 7.39. The summed E-state index contributed by atoms with van der Waals surface area (Å²) in [5.41, 5.74) is -1.74. The zero-order chi connectivity index (χ0) is 18.0. The topological polar surface area (TPSA) is 100 Å². The van der Waals surface area contributed by atoms with Gasteiger partial charge in [-0.15, -0.1) is 0 Å². The number of nitrogens with zero attached hydrogens (tertiary/aromatic N) is 2. The zero-order valence-electron chi connectivity index (χ0n) is 13.3. The Hall–Kier alpha value is -2.93. The van der Waals surface area contributed by atoms with Crippen LogP contribution in [-0.4, -0.2) is 18.5 Å². The number of benzene rings is 1. The van der Waals surface area contributed by atoms with Crippen LogP contribution in [-0.2, 0) is 14.3 Å². The molecule has 7 heteroatoms. The van der Waals surface area contributed by atoms with Gasteiger partial charge in [-0.25, -0.2) is 4.39 Å². The predicted molar refractivity (Wildman–Crippen MR) is 80.8 cm³/mol. The van der Waals surface area contributed by atoms with Crippen molar-refractivity contribution < 1.29 is 23.5 Å². The summed E-state index contributed by atoms with van der Waals surface area (Å²) in [4.78, 5) is 25.0. The van der Waals surface area contributed by atoms with Gasteiger partial charge in [0.15, 0.2) is 5.41 Å². The first kappa shape index (κ1) is 19.1. The van der Waals surface area contributed by atoms with Gasteiger partial charge in [-0.1, -0.05) is 0 Å². The number of ether oxygens (including phenoxy) is 2. The Bertz CT molecular complexity index is 641. The molecule has 0 spiro atoms. The Morgan fingerprint density at radius 2 is 1.62 bits per heavy atom. The van der Waals surface area contributed by atoms with Crippen molar-refractivity contribution in [2.24, 2.45) is 5.41 Å². The summed E-state index contributed by atoms with van der Waals surface area (Å²) in [6.07, 6.45) is -0.403. The van der Waals surface area contributed by atoms with Crippen molar-refractivity contribution in [3.63, 3.8) is 0 Å². The Morgan fingerprint density at radius 3 is 2.08 bits per heavy atom. The molecule has 0 aromatic heterocycles. The number of halogens is 1. The summed E-state index contributed by atoms with van der Waals surface area (Å²) >= 11 is 0. The molecule has 126 valence electrons.